The summed E-state index contributed by atoms with van der Waals surface area (Å²) in [5.74, 6) is -0.730. The van der Waals surface area contributed by atoms with Crippen LogP contribution in [0.4, 0.5) is 13.2 Å². The van der Waals surface area contributed by atoms with Crippen molar-refractivity contribution in [3.05, 3.63) is 54.4 Å². The fourth-order valence-corrected chi connectivity index (χ4v) is 4.23. The van der Waals surface area contributed by atoms with Crippen LogP contribution in [0.25, 0.3) is 0 Å². The molecule has 25 heavy (non-hydrogen) atoms. The van der Waals surface area contributed by atoms with Gasteiger partial charge in [-0.1, -0.05) is 18.2 Å². The number of pyridine rings is 1. The van der Waals surface area contributed by atoms with Crippen molar-refractivity contribution in [3.63, 3.8) is 0 Å². The van der Waals surface area contributed by atoms with E-state index in [9.17, 15) is 21.6 Å². The van der Waals surface area contributed by atoms with Crippen molar-refractivity contribution in [1.29, 1.82) is 0 Å². The van der Waals surface area contributed by atoms with Crippen molar-refractivity contribution >= 4 is 10.0 Å². The number of alkyl halides is 3. The number of sulfonamides is 1. The zero-order chi connectivity index (χ0) is 18.1. The molecule has 1 aliphatic carbocycles. The van der Waals surface area contributed by atoms with Crippen molar-refractivity contribution in [3.8, 4) is 5.75 Å². The minimum atomic E-state index is -4.97. The molecule has 0 spiro atoms. The Labute approximate surface area is 143 Å². The lowest BCUT2D eigenvalue weighted by Crippen LogP contribution is -2.33. The number of benzene rings is 1. The maximum Gasteiger partial charge on any atom is 0.573 e. The lowest BCUT2D eigenvalue weighted by Gasteiger charge is -2.23. The zero-order valence-electron chi connectivity index (χ0n) is 13.0. The quantitative estimate of drug-likeness (QED) is 0.780. The molecule has 0 N–H and O–H groups in total. The van der Waals surface area contributed by atoms with E-state index in [1.54, 1.807) is 18.3 Å². The lowest BCUT2D eigenvalue weighted by molar-refractivity contribution is -0.275. The largest absolute Gasteiger partial charge is 0.573 e. The Balaban J connectivity index is 1.96. The van der Waals surface area contributed by atoms with Crippen molar-refractivity contribution in [2.24, 2.45) is 0 Å². The topological polar surface area (TPSA) is 59.5 Å². The van der Waals surface area contributed by atoms with Gasteiger partial charge in [0, 0.05) is 25.0 Å². The fourth-order valence-electron chi connectivity index (χ4n) is 2.44. The monoisotopic (exact) mass is 372 g/mol. The van der Waals surface area contributed by atoms with Gasteiger partial charge in [-0.25, -0.2) is 8.42 Å². The van der Waals surface area contributed by atoms with Gasteiger partial charge in [-0.15, -0.1) is 13.2 Å². The van der Waals surface area contributed by atoms with Crippen LogP contribution < -0.4 is 4.74 Å². The average molecular weight is 372 g/mol. The maximum absolute atomic E-state index is 13.0. The first-order chi connectivity index (χ1) is 11.8. The third-order valence-electron chi connectivity index (χ3n) is 3.68. The second kappa shape index (κ2) is 6.64. The molecule has 1 aliphatic rings. The minimum absolute atomic E-state index is 0.0428. The molecule has 5 nitrogen and oxygen atoms in total. The summed E-state index contributed by atoms with van der Waals surface area (Å²) in [7, 11) is -4.16. The summed E-state index contributed by atoms with van der Waals surface area (Å²) in [5.41, 5.74) is 0.659. The molecule has 0 atom stereocenters. The number of hydrogen-bond donors (Lipinski definition) is 0. The maximum atomic E-state index is 13.0. The molecule has 2 aromatic rings. The first-order valence-corrected chi connectivity index (χ1v) is 8.97. The van der Waals surface area contributed by atoms with Gasteiger partial charge in [-0.05, 0) is 36.6 Å². The highest BCUT2D eigenvalue weighted by atomic mass is 32.2. The summed E-state index contributed by atoms with van der Waals surface area (Å²) in [6.45, 7) is 0.0428. The van der Waals surface area contributed by atoms with Gasteiger partial charge in [0.2, 0.25) is 10.0 Å². The van der Waals surface area contributed by atoms with Gasteiger partial charge in [-0.3, -0.25) is 4.98 Å². The van der Waals surface area contributed by atoms with Crippen LogP contribution in [0.3, 0.4) is 0 Å². The van der Waals surface area contributed by atoms with E-state index in [0.717, 1.165) is 12.1 Å². The average Bonchev–Trinajstić information content (AvgIpc) is 3.37. The summed E-state index contributed by atoms with van der Waals surface area (Å²) in [6, 6.07) is 7.94. The van der Waals surface area contributed by atoms with Crippen LogP contribution in [0.1, 0.15) is 18.4 Å². The fraction of sp³-hybridized carbons (Fsp3) is 0.312. The number of ether oxygens (including phenoxy) is 1. The summed E-state index contributed by atoms with van der Waals surface area (Å²) in [5, 5.41) is 0. The molecule has 0 amide bonds. The SMILES string of the molecule is O=S(=O)(c1ccccc1OC(F)(F)F)N(Cc1cccnc1)C1CC1. The van der Waals surface area contributed by atoms with Crippen LogP contribution in [-0.2, 0) is 16.6 Å². The molecule has 1 aromatic heterocycles. The van der Waals surface area contributed by atoms with Gasteiger partial charge in [0.25, 0.3) is 0 Å². The van der Waals surface area contributed by atoms with Crippen LogP contribution >= 0.6 is 0 Å². The van der Waals surface area contributed by atoms with Crippen LogP contribution in [0.5, 0.6) is 5.75 Å². The van der Waals surface area contributed by atoms with Gasteiger partial charge in [-0.2, -0.15) is 4.31 Å². The van der Waals surface area contributed by atoms with Crippen LogP contribution in [-0.4, -0.2) is 30.1 Å². The molecule has 1 aromatic carbocycles. The molecule has 1 heterocycles. The van der Waals surface area contributed by atoms with Gasteiger partial charge in [0.05, 0.1) is 0 Å². The van der Waals surface area contributed by atoms with E-state index in [-0.39, 0.29) is 12.6 Å². The zero-order valence-corrected chi connectivity index (χ0v) is 13.8. The van der Waals surface area contributed by atoms with Gasteiger partial charge in [0.15, 0.2) is 0 Å². The van der Waals surface area contributed by atoms with Crippen molar-refractivity contribution in [2.75, 3.05) is 0 Å². The van der Waals surface area contributed by atoms with Gasteiger partial charge < -0.3 is 4.74 Å². The van der Waals surface area contributed by atoms with Crippen LogP contribution in [0.15, 0.2) is 53.7 Å². The lowest BCUT2D eigenvalue weighted by atomic mass is 10.3. The van der Waals surface area contributed by atoms with E-state index in [1.807, 2.05) is 0 Å². The summed E-state index contributed by atoms with van der Waals surface area (Å²) in [4.78, 5) is 3.45. The highest BCUT2D eigenvalue weighted by Gasteiger charge is 2.41. The summed E-state index contributed by atoms with van der Waals surface area (Å²) < 4.78 is 68.8. The molecule has 3 rings (SSSR count). The minimum Gasteiger partial charge on any atom is -0.404 e. The molecule has 0 bridgehead atoms. The Hall–Kier alpha value is -2.13. The Kier molecular flexibility index (Phi) is 4.70. The Bertz CT molecular complexity index is 837. The smallest absolute Gasteiger partial charge is 0.404 e. The second-order valence-corrected chi connectivity index (χ2v) is 7.50. The van der Waals surface area contributed by atoms with E-state index in [1.165, 1.54) is 22.6 Å². The van der Waals surface area contributed by atoms with E-state index >= 15 is 0 Å². The predicted molar refractivity (Wildman–Crippen MR) is 83.1 cm³/mol. The Morgan fingerprint density at radius 1 is 1.16 bits per heavy atom. The van der Waals surface area contributed by atoms with Gasteiger partial charge in [0.1, 0.15) is 10.6 Å². The van der Waals surface area contributed by atoms with Crippen molar-refractivity contribution in [1.82, 2.24) is 9.29 Å². The Morgan fingerprint density at radius 2 is 1.88 bits per heavy atom. The molecular formula is C16H15F3N2O3S. The Morgan fingerprint density at radius 3 is 2.48 bits per heavy atom. The highest BCUT2D eigenvalue weighted by Crippen LogP contribution is 2.37. The molecule has 0 aliphatic heterocycles. The van der Waals surface area contributed by atoms with Crippen molar-refractivity contribution < 1.29 is 26.3 Å². The molecule has 9 heteroatoms. The van der Waals surface area contributed by atoms with E-state index in [4.69, 9.17) is 0 Å². The molecule has 1 fully saturated rings. The van der Waals surface area contributed by atoms with Crippen LogP contribution in [0.2, 0.25) is 0 Å². The number of aromatic nitrogens is 1. The first-order valence-electron chi connectivity index (χ1n) is 7.53. The summed E-state index contributed by atoms with van der Waals surface area (Å²) in [6.07, 6.45) is -0.544. The van der Waals surface area contributed by atoms with E-state index in [0.29, 0.717) is 18.4 Å². The normalized spacial score (nSPS) is 15.4. The highest BCUT2D eigenvalue weighted by molar-refractivity contribution is 7.89. The number of hydrogen-bond acceptors (Lipinski definition) is 4. The number of para-hydroxylation sites is 1. The van der Waals surface area contributed by atoms with Crippen LogP contribution in [0, 0.1) is 0 Å². The third kappa shape index (κ3) is 4.29. The van der Waals surface area contributed by atoms with E-state index in [2.05, 4.69) is 9.72 Å². The van der Waals surface area contributed by atoms with Gasteiger partial charge >= 0.3 is 6.36 Å². The second-order valence-electron chi connectivity index (χ2n) is 5.64. The number of halogens is 3. The first kappa shape index (κ1) is 17.7. The van der Waals surface area contributed by atoms with Crippen molar-refractivity contribution in [2.45, 2.75) is 36.7 Å². The standard InChI is InChI=1S/C16H15F3N2O3S/c17-16(18,19)24-14-5-1-2-6-15(14)25(22,23)21(13-7-8-13)11-12-4-3-9-20-10-12/h1-6,9-10,13H,7-8,11H2. The molecule has 0 unspecified atom stereocenters. The summed E-state index contributed by atoms with van der Waals surface area (Å²) >= 11 is 0. The number of rotatable bonds is 6. The molecule has 134 valence electrons. The molecule has 0 saturated heterocycles. The molecule has 1 saturated carbocycles. The molecule has 0 radical (unpaired) electrons. The number of nitrogens with zero attached hydrogens (tertiary/aromatic N) is 2. The molecular weight excluding hydrogens is 357 g/mol. The van der Waals surface area contributed by atoms with E-state index < -0.39 is 27.0 Å². The third-order valence-corrected chi connectivity index (χ3v) is 5.61. The predicted octanol–water partition coefficient (Wildman–Crippen LogP) is 3.33.